The van der Waals surface area contributed by atoms with Crippen LogP contribution >= 0.6 is 0 Å². The Bertz CT molecular complexity index is 833. The summed E-state index contributed by atoms with van der Waals surface area (Å²) in [6.45, 7) is 10.5. The molecule has 3 fully saturated rings. The van der Waals surface area contributed by atoms with Crippen molar-refractivity contribution in [2.24, 2.45) is 40.4 Å². The van der Waals surface area contributed by atoms with E-state index in [1.807, 2.05) is 0 Å². The lowest BCUT2D eigenvalue weighted by molar-refractivity contribution is -0.150. The van der Waals surface area contributed by atoms with E-state index in [1.165, 1.54) is 32.1 Å². The van der Waals surface area contributed by atoms with Gasteiger partial charge in [0.2, 0.25) is 0 Å². The van der Waals surface area contributed by atoms with Gasteiger partial charge in [-0.3, -0.25) is 0 Å². The highest BCUT2D eigenvalue weighted by molar-refractivity contribution is 5.83. The number of ether oxygens (including phenoxy) is 1. The maximum atomic E-state index is 12.3. The molecule has 0 amide bonds. The van der Waals surface area contributed by atoms with Gasteiger partial charge in [0.25, 0.3) is 0 Å². The van der Waals surface area contributed by atoms with Gasteiger partial charge in [-0.05, 0) is 98.2 Å². The Balaban J connectivity index is 1.33. The topological polar surface area (TPSA) is 58.6 Å². The van der Waals surface area contributed by atoms with Crippen LogP contribution in [0.5, 0.6) is 0 Å². The second kappa shape index (κ2) is 8.73. The molecule has 0 aromatic rings. The summed E-state index contributed by atoms with van der Waals surface area (Å²) in [5, 5.41) is 13.7. The van der Waals surface area contributed by atoms with Crippen LogP contribution in [0.15, 0.2) is 23.4 Å². The largest absolute Gasteiger partial charge is 0.458 e. The summed E-state index contributed by atoms with van der Waals surface area (Å²) < 4.78 is 5.91. The first kappa shape index (κ1) is 23.5. The minimum Gasteiger partial charge on any atom is -0.458 e. The van der Waals surface area contributed by atoms with Crippen LogP contribution in [0.3, 0.4) is 0 Å². The van der Waals surface area contributed by atoms with Gasteiger partial charge in [0.15, 0.2) is 0 Å². The number of cyclic esters (lactones) is 1. The molecular formula is C29H45NO3. The minimum atomic E-state index is -0.169. The van der Waals surface area contributed by atoms with E-state index in [9.17, 15) is 9.90 Å². The molecule has 3 saturated carbocycles. The Kier molecular flexibility index (Phi) is 6.21. The van der Waals surface area contributed by atoms with E-state index in [4.69, 9.17) is 4.74 Å². The Labute approximate surface area is 200 Å². The normalized spacial score (nSPS) is 45.7. The van der Waals surface area contributed by atoms with E-state index in [2.05, 4.69) is 39.1 Å². The zero-order valence-electron chi connectivity index (χ0n) is 21.2. The number of hydrogen-bond acceptors (Lipinski definition) is 4. The van der Waals surface area contributed by atoms with E-state index < -0.39 is 0 Å². The van der Waals surface area contributed by atoms with Crippen LogP contribution in [0.2, 0.25) is 0 Å². The maximum absolute atomic E-state index is 12.3. The molecule has 1 aliphatic heterocycles. The lowest BCUT2D eigenvalue weighted by Gasteiger charge is -2.58. The van der Waals surface area contributed by atoms with Gasteiger partial charge in [-0.2, -0.15) is 0 Å². The minimum absolute atomic E-state index is 0.00430. The lowest BCUT2D eigenvalue weighted by Crippen LogP contribution is -2.51. The first-order valence-corrected chi connectivity index (χ1v) is 13.8. The molecule has 0 aromatic heterocycles. The molecule has 0 unspecified atom stereocenters. The van der Waals surface area contributed by atoms with Crippen molar-refractivity contribution in [2.45, 2.75) is 104 Å². The molecule has 0 spiro atoms. The standard InChI is InChI=1S/C29H45NO3/c1-5-14-30-20-16-26(33-27(32)17-20)18(2)23-8-9-24-22-7-6-19-15-21(31)10-12-28(19,3)25(22)11-13-29(23,24)4/h6,17-18,21-26,30-31H,5,7-16H2,1-4H3/t18-,21-,22-,23+,24-,25-,26+,28-,29+/m0/s1. The lowest BCUT2D eigenvalue weighted by atomic mass is 9.47. The SMILES string of the molecule is CCCNC1=CC(=O)O[C@@H]([C@@H](C)[C@H]2CC[C@H]3[C@@H]4CC=C5C[C@@H](O)CC[C@]5(C)[C@H]4CC[C@]23C)C1. The molecule has 4 aliphatic carbocycles. The van der Waals surface area contributed by atoms with Crippen molar-refractivity contribution in [2.75, 3.05) is 6.54 Å². The van der Waals surface area contributed by atoms with E-state index in [-0.39, 0.29) is 18.2 Å². The number of aliphatic hydroxyl groups is 1. The Morgan fingerprint density at radius 3 is 2.76 bits per heavy atom. The molecule has 5 aliphatic rings. The molecule has 4 nitrogen and oxygen atoms in total. The molecule has 4 heteroatoms. The Hall–Kier alpha value is -1.29. The fraction of sp³-hybridized carbons (Fsp3) is 0.828. The summed E-state index contributed by atoms with van der Waals surface area (Å²) in [5.74, 6) is 3.17. The van der Waals surface area contributed by atoms with Crippen molar-refractivity contribution in [3.63, 3.8) is 0 Å². The molecular weight excluding hydrogens is 410 g/mol. The Morgan fingerprint density at radius 2 is 1.97 bits per heavy atom. The van der Waals surface area contributed by atoms with Crippen LogP contribution in [0.4, 0.5) is 0 Å². The highest BCUT2D eigenvalue weighted by atomic mass is 16.5. The Morgan fingerprint density at radius 1 is 1.15 bits per heavy atom. The first-order chi connectivity index (χ1) is 15.8. The number of rotatable bonds is 5. The van der Waals surface area contributed by atoms with Gasteiger partial charge in [0, 0.05) is 24.7 Å². The van der Waals surface area contributed by atoms with Gasteiger partial charge in [-0.15, -0.1) is 0 Å². The third-order valence-corrected chi connectivity index (χ3v) is 11.0. The van der Waals surface area contributed by atoms with Gasteiger partial charge in [-0.1, -0.05) is 39.3 Å². The molecule has 5 rings (SSSR count). The van der Waals surface area contributed by atoms with Crippen molar-refractivity contribution in [3.05, 3.63) is 23.4 Å². The smallest absolute Gasteiger partial charge is 0.332 e. The van der Waals surface area contributed by atoms with Gasteiger partial charge in [-0.25, -0.2) is 4.79 Å². The molecule has 0 saturated heterocycles. The number of esters is 1. The zero-order valence-corrected chi connectivity index (χ0v) is 21.2. The third-order valence-electron chi connectivity index (χ3n) is 11.0. The molecule has 184 valence electrons. The van der Waals surface area contributed by atoms with Gasteiger partial charge >= 0.3 is 5.97 Å². The summed E-state index contributed by atoms with van der Waals surface area (Å²) in [5.41, 5.74) is 3.27. The second-order valence-corrected chi connectivity index (χ2v) is 12.5. The van der Waals surface area contributed by atoms with Crippen molar-refractivity contribution < 1.29 is 14.6 Å². The summed E-state index contributed by atoms with van der Waals surface area (Å²) in [6, 6.07) is 0. The fourth-order valence-electron chi connectivity index (χ4n) is 9.15. The van der Waals surface area contributed by atoms with Gasteiger partial charge < -0.3 is 15.2 Å². The van der Waals surface area contributed by atoms with Crippen LogP contribution in [0, 0.1) is 40.4 Å². The molecule has 2 N–H and O–H groups in total. The first-order valence-electron chi connectivity index (χ1n) is 13.8. The highest BCUT2D eigenvalue weighted by Crippen LogP contribution is 2.67. The quantitative estimate of drug-likeness (QED) is 0.409. The van der Waals surface area contributed by atoms with Crippen molar-refractivity contribution >= 4 is 5.97 Å². The van der Waals surface area contributed by atoms with Crippen LogP contribution in [-0.4, -0.2) is 29.8 Å². The number of nitrogens with one attached hydrogen (secondary N) is 1. The predicted octanol–water partition coefficient (Wildman–Crippen LogP) is 5.76. The summed E-state index contributed by atoms with van der Waals surface area (Å²) in [6.07, 6.45) is 15.4. The van der Waals surface area contributed by atoms with Crippen molar-refractivity contribution in [1.29, 1.82) is 0 Å². The van der Waals surface area contributed by atoms with Gasteiger partial charge in [0.1, 0.15) is 6.10 Å². The zero-order chi connectivity index (χ0) is 23.4. The van der Waals surface area contributed by atoms with Crippen molar-refractivity contribution in [3.8, 4) is 0 Å². The average Bonchev–Trinajstić information content (AvgIpc) is 3.14. The monoisotopic (exact) mass is 455 g/mol. The number of hydrogen-bond donors (Lipinski definition) is 2. The summed E-state index contributed by atoms with van der Waals surface area (Å²) in [4.78, 5) is 12.3. The molecule has 1 heterocycles. The van der Waals surface area contributed by atoms with Crippen LogP contribution in [0.1, 0.15) is 91.9 Å². The molecule has 33 heavy (non-hydrogen) atoms. The van der Waals surface area contributed by atoms with E-state index in [0.717, 1.165) is 62.1 Å². The summed E-state index contributed by atoms with van der Waals surface area (Å²) >= 11 is 0. The highest BCUT2D eigenvalue weighted by Gasteiger charge is 2.59. The van der Waals surface area contributed by atoms with Crippen LogP contribution in [0.25, 0.3) is 0 Å². The van der Waals surface area contributed by atoms with Gasteiger partial charge in [0.05, 0.1) is 6.10 Å². The number of allylic oxidation sites excluding steroid dienone is 1. The second-order valence-electron chi connectivity index (χ2n) is 12.5. The van der Waals surface area contributed by atoms with Crippen LogP contribution in [-0.2, 0) is 9.53 Å². The molecule has 0 aromatic carbocycles. The number of aliphatic hydroxyl groups excluding tert-OH is 1. The maximum Gasteiger partial charge on any atom is 0.332 e. The predicted molar refractivity (Wildman–Crippen MR) is 131 cm³/mol. The van der Waals surface area contributed by atoms with E-state index in [1.54, 1.807) is 11.6 Å². The van der Waals surface area contributed by atoms with Crippen LogP contribution < -0.4 is 5.32 Å². The number of carbonyl (C=O) groups excluding carboxylic acids is 1. The molecule has 0 bridgehead atoms. The third kappa shape index (κ3) is 3.89. The number of carbonyl (C=O) groups is 1. The molecule has 0 radical (unpaired) electrons. The fourth-order valence-corrected chi connectivity index (χ4v) is 9.15. The van der Waals surface area contributed by atoms with E-state index in [0.29, 0.717) is 22.7 Å². The van der Waals surface area contributed by atoms with E-state index >= 15 is 0 Å². The molecule has 9 atom stereocenters. The van der Waals surface area contributed by atoms with Crippen molar-refractivity contribution in [1.82, 2.24) is 5.32 Å². The summed E-state index contributed by atoms with van der Waals surface area (Å²) in [7, 11) is 0. The average molecular weight is 456 g/mol. The number of fused-ring (bicyclic) bond motifs is 5.